The molecule has 1 fully saturated rings. The van der Waals surface area contributed by atoms with E-state index in [-0.39, 0.29) is 6.61 Å². The van der Waals surface area contributed by atoms with Crippen molar-refractivity contribution in [3.63, 3.8) is 0 Å². The van der Waals surface area contributed by atoms with E-state index < -0.39 is 5.91 Å². The number of carbonyl (C=O) groups excluding carboxylic acids is 1. The van der Waals surface area contributed by atoms with Gasteiger partial charge in [0.1, 0.15) is 5.75 Å². The van der Waals surface area contributed by atoms with Crippen LogP contribution in [0.3, 0.4) is 0 Å². The van der Waals surface area contributed by atoms with Gasteiger partial charge < -0.3 is 26.0 Å². The number of aliphatic imine (C=N–C) groups is 1. The molecule has 0 saturated carbocycles. The third-order valence-corrected chi connectivity index (χ3v) is 4.72. The molecule has 4 N–H and O–H groups in total. The van der Waals surface area contributed by atoms with Crippen molar-refractivity contribution in [1.29, 1.82) is 0 Å². The van der Waals surface area contributed by atoms with Crippen molar-refractivity contribution in [2.45, 2.75) is 45.2 Å². The third-order valence-electron chi connectivity index (χ3n) is 4.72. The van der Waals surface area contributed by atoms with Gasteiger partial charge in [0.2, 0.25) is 0 Å². The highest BCUT2D eigenvalue weighted by atomic mass is 16.5. The van der Waals surface area contributed by atoms with Gasteiger partial charge in [-0.05, 0) is 43.5 Å². The van der Waals surface area contributed by atoms with E-state index in [9.17, 15) is 4.79 Å². The van der Waals surface area contributed by atoms with Crippen molar-refractivity contribution in [1.82, 2.24) is 15.5 Å². The van der Waals surface area contributed by atoms with E-state index >= 15 is 0 Å². The predicted molar refractivity (Wildman–Crippen MR) is 109 cm³/mol. The third kappa shape index (κ3) is 7.86. The van der Waals surface area contributed by atoms with Crippen molar-refractivity contribution in [2.24, 2.45) is 10.7 Å². The van der Waals surface area contributed by atoms with Gasteiger partial charge in [0.05, 0.1) is 0 Å². The second-order valence-electron chi connectivity index (χ2n) is 6.94. The first-order valence-corrected chi connectivity index (χ1v) is 9.80. The summed E-state index contributed by atoms with van der Waals surface area (Å²) in [5, 5.41) is 6.88. The largest absolute Gasteiger partial charge is 0.484 e. The number of primary amides is 1. The molecule has 0 spiro atoms. The maximum atomic E-state index is 10.8. The number of piperidine rings is 1. The molecule has 150 valence electrons. The van der Waals surface area contributed by atoms with Crippen LogP contribution in [0.4, 0.5) is 0 Å². The van der Waals surface area contributed by atoms with E-state index in [4.69, 9.17) is 10.5 Å². The number of nitrogens with one attached hydrogen (secondary N) is 2. The molecule has 0 unspecified atom stereocenters. The number of unbranched alkanes of at least 4 members (excludes halogenated alkanes) is 1. The standard InChI is InChI=1S/C20H33N5O2/c1-3-4-10-25-11-8-17(9-12-25)24-20(22-2)23-14-16-6-5-7-18(13-16)27-15-19(21)26/h5-7,13,17H,3-4,8-12,14-15H2,1-2H3,(H2,21,26)(H2,22,23,24). The Morgan fingerprint density at radius 3 is 2.81 bits per heavy atom. The Bertz CT molecular complexity index is 612. The number of nitrogens with two attached hydrogens (primary N) is 1. The molecule has 1 aromatic rings. The zero-order chi connectivity index (χ0) is 19.5. The van der Waals surface area contributed by atoms with Gasteiger partial charge in [0.25, 0.3) is 5.91 Å². The molecule has 0 radical (unpaired) electrons. The van der Waals surface area contributed by atoms with Crippen LogP contribution in [0.25, 0.3) is 0 Å². The van der Waals surface area contributed by atoms with Gasteiger partial charge in [0, 0.05) is 32.7 Å². The molecule has 0 aromatic heterocycles. The zero-order valence-corrected chi connectivity index (χ0v) is 16.5. The van der Waals surface area contributed by atoms with Crippen LogP contribution in [0.15, 0.2) is 29.3 Å². The summed E-state index contributed by atoms with van der Waals surface area (Å²) in [5.74, 6) is 0.963. The lowest BCUT2D eigenvalue weighted by Crippen LogP contribution is -2.48. The van der Waals surface area contributed by atoms with Gasteiger partial charge in [-0.25, -0.2) is 0 Å². The molecule has 7 nitrogen and oxygen atoms in total. The first-order chi connectivity index (χ1) is 13.1. The Kier molecular flexibility index (Phi) is 8.91. The number of nitrogens with zero attached hydrogens (tertiary/aromatic N) is 2. The van der Waals surface area contributed by atoms with Crippen molar-refractivity contribution < 1.29 is 9.53 Å². The minimum absolute atomic E-state index is 0.114. The Balaban J connectivity index is 1.76. The molecule has 1 aromatic carbocycles. The van der Waals surface area contributed by atoms with E-state index in [0.29, 0.717) is 18.3 Å². The molecule has 0 bridgehead atoms. The fraction of sp³-hybridized carbons (Fsp3) is 0.600. The Morgan fingerprint density at radius 1 is 1.37 bits per heavy atom. The molecule has 2 rings (SSSR count). The van der Waals surface area contributed by atoms with Crippen LogP contribution in [0.2, 0.25) is 0 Å². The number of benzene rings is 1. The van der Waals surface area contributed by atoms with Gasteiger partial charge >= 0.3 is 0 Å². The number of likely N-dealkylation sites (tertiary alicyclic amines) is 1. The second-order valence-corrected chi connectivity index (χ2v) is 6.94. The van der Waals surface area contributed by atoms with E-state index in [2.05, 4.69) is 27.4 Å². The number of guanidine groups is 1. The minimum Gasteiger partial charge on any atom is -0.484 e. The highest BCUT2D eigenvalue weighted by molar-refractivity contribution is 5.80. The van der Waals surface area contributed by atoms with Crippen molar-refractivity contribution in [2.75, 3.05) is 33.3 Å². The Morgan fingerprint density at radius 2 is 2.15 bits per heavy atom. The van der Waals surface area contributed by atoms with Gasteiger partial charge in [-0.2, -0.15) is 0 Å². The van der Waals surface area contributed by atoms with Crippen LogP contribution in [-0.2, 0) is 11.3 Å². The molecule has 1 saturated heterocycles. The van der Waals surface area contributed by atoms with E-state index in [1.807, 2.05) is 24.3 Å². The van der Waals surface area contributed by atoms with Gasteiger partial charge in [-0.3, -0.25) is 9.79 Å². The average molecular weight is 376 g/mol. The number of hydrogen-bond acceptors (Lipinski definition) is 4. The monoisotopic (exact) mass is 375 g/mol. The van der Waals surface area contributed by atoms with Gasteiger partial charge in [-0.1, -0.05) is 25.5 Å². The van der Waals surface area contributed by atoms with Gasteiger partial charge in [-0.15, -0.1) is 0 Å². The van der Waals surface area contributed by atoms with Crippen LogP contribution in [-0.4, -0.2) is 56.1 Å². The van der Waals surface area contributed by atoms with Crippen LogP contribution in [0.1, 0.15) is 38.2 Å². The fourth-order valence-corrected chi connectivity index (χ4v) is 3.16. The highest BCUT2D eigenvalue weighted by Gasteiger charge is 2.19. The van der Waals surface area contributed by atoms with E-state index in [1.54, 1.807) is 7.05 Å². The Labute approximate surface area is 162 Å². The van der Waals surface area contributed by atoms with Crippen molar-refractivity contribution in [3.05, 3.63) is 29.8 Å². The molecule has 7 heteroatoms. The van der Waals surface area contributed by atoms with Crippen molar-refractivity contribution >= 4 is 11.9 Å². The highest BCUT2D eigenvalue weighted by Crippen LogP contribution is 2.13. The first-order valence-electron chi connectivity index (χ1n) is 9.80. The summed E-state index contributed by atoms with van der Waals surface area (Å²) in [6.45, 7) is 6.26. The number of rotatable bonds is 9. The molecule has 27 heavy (non-hydrogen) atoms. The van der Waals surface area contributed by atoms with E-state index in [0.717, 1.165) is 37.5 Å². The smallest absolute Gasteiger partial charge is 0.255 e. The molecule has 0 aliphatic carbocycles. The lowest BCUT2D eigenvalue weighted by atomic mass is 10.0. The van der Waals surface area contributed by atoms with Gasteiger partial charge in [0.15, 0.2) is 12.6 Å². The van der Waals surface area contributed by atoms with Crippen LogP contribution < -0.4 is 21.1 Å². The maximum Gasteiger partial charge on any atom is 0.255 e. The van der Waals surface area contributed by atoms with E-state index in [1.165, 1.54) is 19.4 Å². The lowest BCUT2D eigenvalue weighted by Gasteiger charge is -2.33. The maximum absolute atomic E-state index is 10.8. The summed E-state index contributed by atoms with van der Waals surface area (Å²) in [6.07, 6.45) is 4.81. The number of ether oxygens (including phenoxy) is 1. The summed E-state index contributed by atoms with van der Waals surface area (Å²) in [6, 6.07) is 8.07. The second kappa shape index (κ2) is 11.4. The summed E-state index contributed by atoms with van der Waals surface area (Å²) in [5.41, 5.74) is 6.16. The molecular weight excluding hydrogens is 342 g/mol. The molecular formula is C20H33N5O2. The quantitative estimate of drug-likeness (QED) is 0.449. The molecule has 1 aliphatic rings. The summed E-state index contributed by atoms with van der Waals surface area (Å²) >= 11 is 0. The summed E-state index contributed by atoms with van der Waals surface area (Å²) < 4.78 is 5.35. The lowest BCUT2D eigenvalue weighted by molar-refractivity contribution is -0.119. The predicted octanol–water partition coefficient (Wildman–Crippen LogP) is 1.48. The van der Waals surface area contributed by atoms with Crippen LogP contribution >= 0.6 is 0 Å². The normalized spacial score (nSPS) is 16.1. The molecule has 1 amide bonds. The fourth-order valence-electron chi connectivity index (χ4n) is 3.16. The minimum atomic E-state index is -0.483. The first kappa shape index (κ1) is 21.0. The molecule has 1 heterocycles. The van der Waals surface area contributed by atoms with Crippen LogP contribution in [0.5, 0.6) is 5.75 Å². The molecule has 0 atom stereocenters. The number of hydrogen-bond donors (Lipinski definition) is 3. The molecule has 1 aliphatic heterocycles. The van der Waals surface area contributed by atoms with Crippen molar-refractivity contribution in [3.8, 4) is 5.75 Å². The number of carbonyl (C=O) groups is 1. The van der Waals surface area contributed by atoms with Crippen LogP contribution in [0, 0.1) is 0 Å². The number of amides is 1. The SMILES string of the molecule is CCCCN1CCC(NC(=NC)NCc2cccc(OCC(N)=O)c2)CC1. The summed E-state index contributed by atoms with van der Waals surface area (Å²) in [4.78, 5) is 17.7. The zero-order valence-electron chi connectivity index (χ0n) is 16.5. The Hall–Kier alpha value is -2.28. The topological polar surface area (TPSA) is 92.0 Å². The average Bonchev–Trinajstić information content (AvgIpc) is 2.69. The summed E-state index contributed by atoms with van der Waals surface area (Å²) in [7, 11) is 1.79.